The minimum atomic E-state index is -0.893. The maximum Gasteiger partial charge on any atom is 0.245 e. The average Bonchev–Trinajstić information content (AvgIpc) is 2.31. The van der Waals surface area contributed by atoms with Crippen LogP contribution in [0.25, 0.3) is 0 Å². The molecule has 1 aromatic heterocycles. The fourth-order valence-corrected chi connectivity index (χ4v) is 1.26. The first-order valence-corrected chi connectivity index (χ1v) is 5.23. The lowest BCUT2D eigenvalue weighted by Gasteiger charge is -2.24. The van der Waals surface area contributed by atoms with Gasteiger partial charge in [-0.05, 0) is 25.0 Å². The lowest BCUT2D eigenvalue weighted by molar-refractivity contribution is -0.121. The van der Waals surface area contributed by atoms with Crippen LogP contribution in [0.4, 0.5) is 10.2 Å². The van der Waals surface area contributed by atoms with Crippen LogP contribution in [0.15, 0.2) is 18.3 Å². The minimum Gasteiger partial charge on any atom is -0.317 e. The smallest absolute Gasteiger partial charge is 0.245 e. The third-order valence-corrected chi connectivity index (χ3v) is 2.68. The number of anilines is 1. The van der Waals surface area contributed by atoms with Crippen molar-refractivity contribution in [3.05, 3.63) is 24.1 Å². The fourth-order valence-electron chi connectivity index (χ4n) is 1.26. The van der Waals surface area contributed by atoms with E-state index in [1.807, 2.05) is 13.8 Å². The molecule has 16 heavy (non-hydrogen) atoms. The van der Waals surface area contributed by atoms with Gasteiger partial charge in [0.25, 0.3) is 0 Å². The van der Waals surface area contributed by atoms with Crippen molar-refractivity contribution >= 4 is 11.7 Å². The summed E-state index contributed by atoms with van der Waals surface area (Å²) in [5.74, 6) is -0.428. The summed E-state index contributed by atoms with van der Waals surface area (Å²) >= 11 is 0. The summed E-state index contributed by atoms with van der Waals surface area (Å²) in [6.45, 7) is 3.70. The maximum absolute atomic E-state index is 12.6. The third kappa shape index (κ3) is 2.76. The van der Waals surface area contributed by atoms with Gasteiger partial charge in [0.05, 0.1) is 11.7 Å². The predicted octanol–water partition coefficient (Wildman–Crippen LogP) is 1.68. The largest absolute Gasteiger partial charge is 0.317 e. The first kappa shape index (κ1) is 12.6. The van der Waals surface area contributed by atoms with Crippen molar-refractivity contribution in [2.75, 3.05) is 5.32 Å². The predicted molar refractivity (Wildman–Crippen MR) is 60.3 cm³/mol. The maximum atomic E-state index is 12.6. The van der Waals surface area contributed by atoms with E-state index >= 15 is 0 Å². The fraction of sp³-hybridized carbons (Fsp3) is 0.455. The molecule has 0 atom stereocenters. The molecule has 0 spiro atoms. The quantitative estimate of drug-likeness (QED) is 0.819. The minimum absolute atomic E-state index is 0.295. The van der Waals surface area contributed by atoms with E-state index in [9.17, 15) is 9.18 Å². The van der Waals surface area contributed by atoms with Crippen LogP contribution in [0.3, 0.4) is 0 Å². The van der Waals surface area contributed by atoms with Crippen LogP contribution in [-0.2, 0) is 4.79 Å². The van der Waals surface area contributed by atoms with Crippen molar-refractivity contribution in [3.8, 4) is 0 Å². The second-order valence-corrected chi connectivity index (χ2v) is 3.68. The number of carbonyl (C=O) groups excluding carboxylic acids is 1. The van der Waals surface area contributed by atoms with Gasteiger partial charge in [-0.15, -0.1) is 0 Å². The standard InChI is InChI=1S/C11H16FN3O/c1-3-11(13,4-2)10(16)15-9-6-5-8(12)7-14-9/h5-7H,3-4,13H2,1-2H3,(H,14,15,16). The van der Waals surface area contributed by atoms with Crippen molar-refractivity contribution in [2.24, 2.45) is 5.73 Å². The molecule has 1 rings (SSSR count). The average molecular weight is 225 g/mol. The summed E-state index contributed by atoms with van der Waals surface area (Å²) in [5, 5.41) is 2.57. The van der Waals surface area contributed by atoms with Crippen LogP contribution in [0.5, 0.6) is 0 Å². The highest BCUT2D eigenvalue weighted by atomic mass is 19.1. The first-order valence-electron chi connectivity index (χ1n) is 5.23. The summed E-state index contributed by atoms with van der Waals surface area (Å²) in [6, 6.07) is 2.64. The van der Waals surface area contributed by atoms with Crippen molar-refractivity contribution in [3.63, 3.8) is 0 Å². The lowest BCUT2D eigenvalue weighted by Crippen LogP contribution is -2.50. The molecule has 0 aromatic carbocycles. The number of aromatic nitrogens is 1. The molecule has 0 radical (unpaired) electrons. The molecular formula is C11H16FN3O. The molecule has 1 aromatic rings. The molecule has 1 heterocycles. The molecule has 0 unspecified atom stereocenters. The van der Waals surface area contributed by atoms with E-state index in [0.29, 0.717) is 18.7 Å². The number of rotatable bonds is 4. The van der Waals surface area contributed by atoms with Crippen LogP contribution in [0.2, 0.25) is 0 Å². The number of halogens is 1. The highest BCUT2D eigenvalue weighted by Gasteiger charge is 2.29. The van der Waals surface area contributed by atoms with Crippen LogP contribution in [0, 0.1) is 5.82 Å². The zero-order chi connectivity index (χ0) is 12.2. The molecule has 4 nitrogen and oxygen atoms in total. The number of hydrogen-bond donors (Lipinski definition) is 2. The van der Waals surface area contributed by atoms with Gasteiger partial charge in [-0.2, -0.15) is 0 Å². The Labute approximate surface area is 94.1 Å². The Morgan fingerprint density at radius 2 is 2.12 bits per heavy atom. The summed E-state index contributed by atoms with van der Waals surface area (Å²) in [5.41, 5.74) is 5.01. The van der Waals surface area contributed by atoms with Gasteiger partial charge in [-0.3, -0.25) is 4.79 Å². The Morgan fingerprint density at radius 3 is 2.56 bits per heavy atom. The number of nitrogens with two attached hydrogens (primary N) is 1. The third-order valence-electron chi connectivity index (χ3n) is 2.68. The Balaban J connectivity index is 2.74. The lowest BCUT2D eigenvalue weighted by atomic mass is 9.93. The number of carbonyl (C=O) groups is 1. The Hall–Kier alpha value is -1.49. The van der Waals surface area contributed by atoms with E-state index in [2.05, 4.69) is 10.3 Å². The Bertz CT molecular complexity index is 360. The molecule has 0 aliphatic carbocycles. The molecule has 5 heteroatoms. The molecular weight excluding hydrogens is 209 g/mol. The van der Waals surface area contributed by atoms with E-state index < -0.39 is 11.4 Å². The molecule has 0 bridgehead atoms. The highest BCUT2D eigenvalue weighted by Crippen LogP contribution is 2.14. The van der Waals surface area contributed by atoms with E-state index in [4.69, 9.17) is 5.73 Å². The molecule has 0 saturated carbocycles. The van der Waals surface area contributed by atoms with Gasteiger partial charge < -0.3 is 11.1 Å². The van der Waals surface area contributed by atoms with E-state index in [0.717, 1.165) is 6.20 Å². The van der Waals surface area contributed by atoms with Gasteiger partial charge in [0.2, 0.25) is 5.91 Å². The molecule has 1 amide bonds. The summed E-state index contributed by atoms with van der Waals surface area (Å²) < 4.78 is 12.6. The zero-order valence-corrected chi connectivity index (χ0v) is 9.46. The number of nitrogens with one attached hydrogen (secondary N) is 1. The van der Waals surface area contributed by atoms with Gasteiger partial charge >= 0.3 is 0 Å². The molecule has 0 saturated heterocycles. The van der Waals surface area contributed by atoms with Crippen molar-refractivity contribution in [1.82, 2.24) is 4.98 Å². The SMILES string of the molecule is CCC(N)(CC)C(=O)Nc1ccc(F)cn1. The molecule has 3 N–H and O–H groups in total. The Morgan fingerprint density at radius 1 is 1.50 bits per heavy atom. The molecule has 0 aliphatic rings. The van der Waals surface area contributed by atoms with Crippen molar-refractivity contribution in [2.45, 2.75) is 32.2 Å². The van der Waals surface area contributed by atoms with Crippen LogP contribution >= 0.6 is 0 Å². The van der Waals surface area contributed by atoms with E-state index in [1.165, 1.54) is 12.1 Å². The van der Waals surface area contributed by atoms with Crippen LogP contribution in [0.1, 0.15) is 26.7 Å². The molecule has 0 fully saturated rings. The molecule has 88 valence electrons. The second-order valence-electron chi connectivity index (χ2n) is 3.68. The van der Waals surface area contributed by atoms with Crippen LogP contribution in [-0.4, -0.2) is 16.4 Å². The normalized spacial score (nSPS) is 11.2. The summed E-state index contributed by atoms with van der Waals surface area (Å²) in [6.07, 6.45) is 2.12. The van der Waals surface area contributed by atoms with Crippen molar-refractivity contribution in [1.29, 1.82) is 0 Å². The number of amides is 1. The summed E-state index contributed by atoms with van der Waals surface area (Å²) in [4.78, 5) is 15.5. The van der Waals surface area contributed by atoms with E-state index in [1.54, 1.807) is 0 Å². The number of nitrogens with zero attached hydrogens (tertiary/aromatic N) is 1. The van der Waals surface area contributed by atoms with Gasteiger partial charge in [-0.25, -0.2) is 9.37 Å². The monoisotopic (exact) mass is 225 g/mol. The Kier molecular flexibility index (Phi) is 3.95. The van der Waals surface area contributed by atoms with Crippen LogP contribution < -0.4 is 11.1 Å². The highest BCUT2D eigenvalue weighted by molar-refractivity contribution is 5.97. The van der Waals surface area contributed by atoms with Gasteiger partial charge in [0.1, 0.15) is 11.6 Å². The molecule has 0 aliphatic heterocycles. The number of pyridine rings is 1. The zero-order valence-electron chi connectivity index (χ0n) is 9.46. The topological polar surface area (TPSA) is 68.0 Å². The first-order chi connectivity index (χ1) is 7.51. The van der Waals surface area contributed by atoms with Gasteiger partial charge in [-0.1, -0.05) is 13.8 Å². The summed E-state index contributed by atoms with van der Waals surface area (Å²) in [7, 11) is 0. The van der Waals surface area contributed by atoms with Gasteiger partial charge in [0, 0.05) is 0 Å². The van der Waals surface area contributed by atoms with Crippen molar-refractivity contribution < 1.29 is 9.18 Å². The number of hydrogen-bond acceptors (Lipinski definition) is 3. The van der Waals surface area contributed by atoms with Gasteiger partial charge in [0.15, 0.2) is 0 Å². The second kappa shape index (κ2) is 5.03. The van der Waals surface area contributed by atoms with E-state index in [-0.39, 0.29) is 5.91 Å².